The van der Waals surface area contributed by atoms with Gasteiger partial charge < -0.3 is 9.88 Å². The van der Waals surface area contributed by atoms with Crippen LogP contribution in [-0.4, -0.2) is 19.5 Å². The van der Waals surface area contributed by atoms with Crippen LogP contribution in [0.25, 0.3) is 0 Å². The molecule has 4 rings (SSSR count). The smallest absolute Gasteiger partial charge is 0.138 e. The third-order valence-corrected chi connectivity index (χ3v) is 4.96. The summed E-state index contributed by atoms with van der Waals surface area (Å²) in [6, 6.07) is 2.00. The zero-order valence-corrected chi connectivity index (χ0v) is 13.6. The Labute approximate surface area is 135 Å². The van der Waals surface area contributed by atoms with E-state index >= 15 is 0 Å². The molecule has 2 aliphatic carbocycles. The number of halogens is 1. The van der Waals surface area contributed by atoms with Crippen molar-refractivity contribution in [3.63, 3.8) is 0 Å². The van der Waals surface area contributed by atoms with Crippen LogP contribution < -0.4 is 5.32 Å². The summed E-state index contributed by atoms with van der Waals surface area (Å²) in [5.41, 5.74) is 0.111. The minimum Gasteiger partial charge on any atom is -0.360 e. The van der Waals surface area contributed by atoms with Crippen LogP contribution in [0.4, 0.5) is 5.82 Å². The molecule has 116 valence electrons. The highest BCUT2D eigenvalue weighted by atomic mass is 35.5. The number of rotatable bonds is 5. The van der Waals surface area contributed by atoms with Crippen molar-refractivity contribution in [3.05, 3.63) is 35.3 Å². The average molecular weight is 318 g/mol. The predicted molar refractivity (Wildman–Crippen MR) is 85.9 cm³/mol. The van der Waals surface area contributed by atoms with Gasteiger partial charge in [0.15, 0.2) is 0 Å². The van der Waals surface area contributed by atoms with Gasteiger partial charge in [0.25, 0.3) is 0 Å². The second kappa shape index (κ2) is 4.95. The molecule has 1 N–H and O–H groups in total. The molecule has 2 aliphatic rings. The van der Waals surface area contributed by atoms with Crippen molar-refractivity contribution >= 4 is 17.4 Å². The highest BCUT2D eigenvalue weighted by molar-refractivity contribution is 6.29. The van der Waals surface area contributed by atoms with Crippen LogP contribution in [0.3, 0.4) is 0 Å². The molecule has 22 heavy (non-hydrogen) atoms. The van der Waals surface area contributed by atoms with Crippen LogP contribution in [0, 0.1) is 5.92 Å². The van der Waals surface area contributed by atoms with E-state index in [-0.39, 0.29) is 11.5 Å². The van der Waals surface area contributed by atoms with Crippen LogP contribution in [0.5, 0.6) is 0 Å². The number of nitrogens with one attached hydrogen (secondary N) is 1. The summed E-state index contributed by atoms with van der Waals surface area (Å²) in [5.74, 6) is 3.34. The molecule has 5 nitrogen and oxygen atoms in total. The lowest BCUT2D eigenvalue weighted by Crippen LogP contribution is -2.19. The van der Waals surface area contributed by atoms with Crippen molar-refractivity contribution in [2.45, 2.75) is 44.1 Å². The monoisotopic (exact) mass is 317 g/mol. The Morgan fingerprint density at radius 1 is 1.36 bits per heavy atom. The summed E-state index contributed by atoms with van der Waals surface area (Å²) in [7, 11) is 2.03. The van der Waals surface area contributed by atoms with E-state index in [1.807, 2.05) is 25.5 Å². The van der Waals surface area contributed by atoms with E-state index in [1.165, 1.54) is 12.8 Å². The van der Waals surface area contributed by atoms with Gasteiger partial charge in [-0.3, -0.25) is 0 Å². The summed E-state index contributed by atoms with van der Waals surface area (Å²) in [5, 5.41) is 4.06. The molecule has 1 atom stereocenters. The van der Waals surface area contributed by atoms with Crippen LogP contribution in [0.15, 0.2) is 18.5 Å². The van der Waals surface area contributed by atoms with Crippen molar-refractivity contribution in [2.24, 2.45) is 13.0 Å². The summed E-state index contributed by atoms with van der Waals surface area (Å²) in [6.07, 6.45) is 8.56. The van der Waals surface area contributed by atoms with Gasteiger partial charge in [-0.05, 0) is 31.6 Å². The number of imidazole rings is 1. The van der Waals surface area contributed by atoms with Gasteiger partial charge >= 0.3 is 0 Å². The number of aryl methyl sites for hydroxylation is 1. The highest BCUT2D eigenvalue weighted by Crippen LogP contribution is 2.47. The highest BCUT2D eigenvalue weighted by Gasteiger charge is 2.42. The first-order valence-electron chi connectivity index (χ1n) is 7.84. The van der Waals surface area contributed by atoms with Crippen LogP contribution >= 0.6 is 11.6 Å². The fourth-order valence-electron chi connectivity index (χ4n) is 2.83. The Hall–Kier alpha value is -1.62. The first-order chi connectivity index (χ1) is 10.5. The van der Waals surface area contributed by atoms with Crippen molar-refractivity contribution < 1.29 is 0 Å². The van der Waals surface area contributed by atoms with Crippen LogP contribution in [0.2, 0.25) is 5.15 Å². The van der Waals surface area contributed by atoms with Gasteiger partial charge in [-0.15, -0.1) is 0 Å². The molecule has 2 fully saturated rings. The van der Waals surface area contributed by atoms with Gasteiger partial charge in [-0.1, -0.05) is 18.5 Å². The molecule has 0 aromatic carbocycles. The maximum atomic E-state index is 6.21. The average Bonchev–Trinajstić information content (AvgIpc) is 3.38. The Morgan fingerprint density at radius 2 is 2.14 bits per heavy atom. The normalized spacial score (nSPS) is 20.7. The van der Waals surface area contributed by atoms with Gasteiger partial charge in [-0.25, -0.2) is 15.0 Å². The minimum atomic E-state index is 0.111. The fourth-order valence-corrected chi connectivity index (χ4v) is 3.01. The SMILES string of the molecule is Cn1ccnc1C(Nc1cc(Cl)nc(C2(C)CC2)n1)C1CC1. The first-order valence-corrected chi connectivity index (χ1v) is 8.22. The van der Waals surface area contributed by atoms with Crippen molar-refractivity contribution in [1.82, 2.24) is 19.5 Å². The number of aromatic nitrogens is 4. The molecule has 0 amide bonds. The Balaban J connectivity index is 1.64. The van der Waals surface area contributed by atoms with E-state index in [0.717, 1.165) is 30.3 Å². The fraction of sp³-hybridized carbons (Fsp3) is 0.562. The lowest BCUT2D eigenvalue weighted by Gasteiger charge is -2.19. The van der Waals surface area contributed by atoms with Gasteiger partial charge in [0.1, 0.15) is 22.6 Å². The Kier molecular flexibility index (Phi) is 3.15. The molecule has 2 saturated carbocycles. The minimum absolute atomic E-state index is 0.111. The lowest BCUT2D eigenvalue weighted by atomic mass is 10.1. The number of hydrogen-bond acceptors (Lipinski definition) is 4. The topological polar surface area (TPSA) is 55.6 Å². The van der Waals surface area contributed by atoms with Crippen LogP contribution in [0.1, 0.15) is 50.3 Å². The van der Waals surface area contributed by atoms with E-state index in [2.05, 4.69) is 26.8 Å². The van der Waals surface area contributed by atoms with Gasteiger partial charge in [0.2, 0.25) is 0 Å². The molecule has 6 heteroatoms. The first kappa shape index (κ1) is 14.0. The van der Waals surface area contributed by atoms with E-state index < -0.39 is 0 Å². The molecule has 1 unspecified atom stereocenters. The molecule has 0 saturated heterocycles. The van der Waals surface area contributed by atoms with Gasteiger partial charge in [0, 0.05) is 30.9 Å². The molecule has 0 aliphatic heterocycles. The molecule has 2 aromatic heterocycles. The van der Waals surface area contributed by atoms with E-state index in [1.54, 1.807) is 0 Å². The molecule has 0 radical (unpaired) electrons. The summed E-state index contributed by atoms with van der Waals surface area (Å²) < 4.78 is 2.07. The Morgan fingerprint density at radius 3 is 2.73 bits per heavy atom. The summed E-state index contributed by atoms with van der Waals surface area (Å²) >= 11 is 6.21. The van der Waals surface area contributed by atoms with Crippen molar-refractivity contribution in [3.8, 4) is 0 Å². The largest absolute Gasteiger partial charge is 0.360 e. The molecular weight excluding hydrogens is 298 g/mol. The maximum Gasteiger partial charge on any atom is 0.138 e. The van der Waals surface area contributed by atoms with Crippen molar-refractivity contribution in [1.29, 1.82) is 0 Å². The maximum absolute atomic E-state index is 6.21. The zero-order valence-electron chi connectivity index (χ0n) is 12.9. The second-order valence-corrected chi connectivity index (χ2v) is 7.20. The van der Waals surface area contributed by atoms with E-state index in [0.29, 0.717) is 11.1 Å². The van der Waals surface area contributed by atoms with Gasteiger partial charge in [0.05, 0.1) is 6.04 Å². The lowest BCUT2D eigenvalue weighted by molar-refractivity contribution is 0.602. The number of anilines is 1. The standard InChI is InChI=1S/C16H20ClN5/c1-16(5-6-16)15-19-11(17)9-12(21-15)20-13(10-3-4-10)14-18-7-8-22(14)2/h7-10,13H,3-6H2,1-2H3,(H,19,20,21). The third kappa shape index (κ3) is 2.58. The van der Waals surface area contributed by atoms with Crippen LogP contribution in [-0.2, 0) is 12.5 Å². The van der Waals surface area contributed by atoms with Crippen molar-refractivity contribution in [2.75, 3.05) is 5.32 Å². The summed E-state index contributed by atoms with van der Waals surface area (Å²) in [6.45, 7) is 2.19. The molecule has 0 bridgehead atoms. The molecule has 0 spiro atoms. The third-order valence-electron chi connectivity index (χ3n) is 4.77. The predicted octanol–water partition coefficient (Wildman–Crippen LogP) is 3.48. The summed E-state index contributed by atoms with van der Waals surface area (Å²) in [4.78, 5) is 13.6. The van der Waals surface area contributed by atoms with E-state index in [4.69, 9.17) is 16.6 Å². The number of nitrogens with zero attached hydrogens (tertiary/aromatic N) is 4. The van der Waals surface area contributed by atoms with Gasteiger partial charge in [-0.2, -0.15) is 0 Å². The molecular formula is C16H20ClN5. The van der Waals surface area contributed by atoms with E-state index in [9.17, 15) is 0 Å². The number of hydrogen-bond donors (Lipinski definition) is 1. The second-order valence-electron chi connectivity index (χ2n) is 6.82. The quantitative estimate of drug-likeness (QED) is 0.858. The molecule has 2 aromatic rings. The molecule has 2 heterocycles. The Bertz CT molecular complexity index is 702. The zero-order chi connectivity index (χ0) is 15.3.